The van der Waals surface area contributed by atoms with Gasteiger partial charge in [-0.15, -0.1) is 0 Å². The van der Waals surface area contributed by atoms with Gasteiger partial charge >= 0.3 is 6.09 Å². The molecule has 0 bridgehead atoms. The summed E-state index contributed by atoms with van der Waals surface area (Å²) in [6, 6.07) is 9.17. The number of piperidine rings is 1. The minimum Gasteiger partial charge on any atom is -0.492 e. The molecule has 4 N–H and O–H groups in total. The van der Waals surface area contributed by atoms with Crippen LogP contribution in [-0.2, 0) is 0 Å². The first-order valence-electron chi connectivity index (χ1n) is 11.1. The number of nitrogens with one attached hydrogen (secondary N) is 1. The molecule has 0 spiro atoms. The highest BCUT2D eigenvalue weighted by Crippen LogP contribution is 2.37. The van der Waals surface area contributed by atoms with Gasteiger partial charge in [-0.05, 0) is 50.8 Å². The number of aromatic amines is 1. The van der Waals surface area contributed by atoms with Gasteiger partial charge in [0.15, 0.2) is 0 Å². The summed E-state index contributed by atoms with van der Waals surface area (Å²) in [5, 5.41) is 10.5. The minimum absolute atomic E-state index is 0.103. The van der Waals surface area contributed by atoms with Gasteiger partial charge in [0.1, 0.15) is 5.75 Å². The number of hydrogen-bond acceptors (Lipinski definition) is 4. The van der Waals surface area contributed by atoms with Crippen molar-refractivity contribution < 1.29 is 14.6 Å². The van der Waals surface area contributed by atoms with Crippen LogP contribution in [0.15, 0.2) is 35.1 Å². The van der Waals surface area contributed by atoms with E-state index in [-0.39, 0.29) is 18.2 Å². The maximum atomic E-state index is 13.2. The first-order valence-corrected chi connectivity index (χ1v) is 11.5. The van der Waals surface area contributed by atoms with Crippen LogP contribution in [0, 0.1) is 13.8 Å². The zero-order valence-electron chi connectivity index (χ0n) is 18.8. The van der Waals surface area contributed by atoms with Gasteiger partial charge in [-0.1, -0.05) is 40.9 Å². The molecule has 8 heteroatoms. The van der Waals surface area contributed by atoms with Crippen molar-refractivity contribution in [3.05, 3.63) is 56.8 Å². The Morgan fingerprint density at radius 3 is 2.64 bits per heavy atom. The number of carboxylic acid groups (broad SMARTS) is 1. The quantitative estimate of drug-likeness (QED) is 0.436. The largest absolute Gasteiger partial charge is 0.492 e. The number of nitrogen functional groups attached to an aromatic ring is 1. The molecule has 1 aromatic heterocycles. The van der Waals surface area contributed by atoms with Crippen molar-refractivity contribution in [3.63, 3.8) is 0 Å². The first-order chi connectivity index (χ1) is 15.7. The van der Waals surface area contributed by atoms with Gasteiger partial charge in [0.05, 0.1) is 28.4 Å². The van der Waals surface area contributed by atoms with E-state index in [0.29, 0.717) is 45.9 Å². The molecule has 1 unspecified atom stereocenters. The summed E-state index contributed by atoms with van der Waals surface area (Å²) in [7, 11) is 0. The lowest BCUT2D eigenvalue weighted by Gasteiger charge is -2.33. The van der Waals surface area contributed by atoms with Gasteiger partial charge in [-0.2, -0.15) is 0 Å². The van der Waals surface area contributed by atoms with Crippen molar-refractivity contribution in [2.24, 2.45) is 0 Å². The topological polar surface area (TPSA) is 109 Å². The number of anilines is 1. The van der Waals surface area contributed by atoms with Crippen molar-refractivity contribution >= 4 is 34.3 Å². The van der Waals surface area contributed by atoms with Crippen LogP contribution in [0.25, 0.3) is 22.0 Å². The Morgan fingerprint density at radius 1 is 1.21 bits per heavy atom. The lowest BCUT2D eigenvalue weighted by molar-refractivity contribution is 0.0969. The summed E-state index contributed by atoms with van der Waals surface area (Å²) >= 11 is 6.19. The van der Waals surface area contributed by atoms with E-state index in [1.54, 1.807) is 12.1 Å². The highest BCUT2D eigenvalue weighted by molar-refractivity contribution is 6.34. The van der Waals surface area contributed by atoms with E-state index in [9.17, 15) is 14.7 Å². The Balaban J connectivity index is 1.76. The van der Waals surface area contributed by atoms with Crippen LogP contribution in [0.5, 0.6) is 5.75 Å². The zero-order chi connectivity index (χ0) is 23.7. The molecule has 33 heavy (non-hydrogen) atoms. The number of benzene rings is 2. The summed E-state index contributed by atoms with van der Waals surface area (Å²) in [4.78, 5) is 29.2. The number of nitrogens with zero attached hydrogens (tertiary/aromatic N) is 1. The molecule has 1 aliphatic heterocycles. The average Bonchev–Trinajstić information content (AvgIpc) is 2.74. The van der Waals surface area contributed by atoms with Gasteiger partial charge in [0.2, 0.25) is 0 Å². The van der Waals surface area contributed by atoms with Crippen molar-refractivity contribution in [3.8, 4) is 16.9 Å². The van der Waals surface area contributed by atoms with Gasteiger partial charge in [-0.3, -0.25) is 4.79 Å². The van der Waals surface area contributed by atoms with E-state index in [1.165, 1.54) is 4.90 Å². The van der Waals surface area contributed by atoms with E-state index in [2.05, 4.69) is 4.98 Å². The molecule has 2 aromatic carbocycles. The standard InChI is InChI=1S/C25H28ClN3O4/c1-14-9-15(2)11-16(10-14)22-23(18-12-20(27)19(26)13-21(18)28-24(22)30)33-8-6-17-5-3-4-7-29(17)25(31)32/h9-13,17H,3-8,27H2,1-2H3,(H,28,30)(H,31,32). The number of rotatable bonds is 5. The van der Waals surface area contributed by atoms with Crippen LogP contribution >= 0.6 is 11.6 Å². The molecule has 1 saturated heterocycles. The van der Waals surface area contributed by atoms with Crippen molar-refractivity contribution in [2.45, 2.75) is 45.6 Å². The second-order valence-electron chi connectivity index (χ2n) is 8.72. The predicted molar refractivity (Wildman–Crippen MR) is 131 cm³/mol. The Morgan fingerprint density at radius 2 is 1.94 bits per heavy atom. The second kappa shape index (κ2) is 9.35. The minimum atomic E-state index is -0.903. The fourth-order valence-corrected chi connectivity index (χ4v) is 4.85. The monoisotopic (exact) mass is 469 g/mol. The third-order valence-electron chi connectivity index (χ3n) is 6.16. The van der Waals surface area contributed by atoms with Gasteiger partial charge in [-0.25, -0.2) is 4.79 Å². The molecule has 1 amide bonds. The maximum Gasteiger partial charge on any atom is 0.407 e. The van der Waals surface area contributed by atoms with Crippen LogP contribution in [0.1, 0.15) is 36.8 Å². The van der Waals surface area contributed by atoms with E-state index < -0.39 is 6.09 Å². The van der Waals surface area contributed by atoms with Crippen molar-refractivity contribution in [1.29, 1.82) is 0 Å². The number of fused-ring (bicyclic) bond motifs is 1. The summed E-state index contributed by atoms with van der Waals surface area (Å²) in [6.07, 6.45) is 2.30. The predicted octanol–water partition coefficient (Wildman–Crippen LogP) is 5.35. The normalized spacial score (nSPS) is 16.2. The van der Waals surface area contributed by atoms with Crippen molar-refractivity contribution in [2.75, 3.05) is 18.9 Å². The lowest BCUT2D eigenvalue weighted by Crippen LogP contribution is -2.43. The van der Waals surface area contributed by atoms with Gasteiger partial charge < -0.3 is 25.5 Å². The number of ether oxygens (including phenoxy) is 1. The zero-order valence-corrected chi connectivity index (χ0v) is 19.5. The van der Waals surface area contributed by atoms with Crippen molar-refractivity contribution in [1.82, 2.24) is 9.88 Å². The van der Waals surface area contributed by atoms with Crippen LogP contribution < -0.4 is 16.0 Å². The molecule has 3 aromatic rings. The van der Waals surface area contributed by atoms with Gasteiger partial charge in [0, 0.05) is 24.4 Å². The number of amides is 1. The van der Waals surface area contributed by atoms with Crippen LogP contribution in [0.2, 0.25) is 5.02 Å². The summed E-state index contributed by atoms with van der Waals surface area (Å²) in [5.74, 6) is 0.430. The molecule has 7 nitrogen and oxygen atoms in total. The summed E-state index contributed by atoms with van der Waals surface area (Å²) in [6.45, 7) is 4.77. The number of pyridine rings is 1. The number of likely N-dealkylation sites (tertiary alicyclic amines) is 1. The molecule has 2 heterocycles. The fourth-order valence-electron chi connectivity index (χ4n) is 4.68. The van der Waals surface area contributed by atoms with Crippen LogP contribution in [0.4, 0.5) is 10.5 Å². The summed E-state index contributed by atoms with van der Waals surface area (Å²) < 4.78 is 6.25. The third kappa shape index (κ3) is 4.78. The Kier molecular flexibility index (Phi) is 6.51. The number of aryl methyl sites for hydroxylation is 2. The van der Waals surface area contributed by atoms with Gasteiger partial charge in [0.25, 0.3) is 5.56 Å². The molecule has 0 saturated carbocycles. The fraction of sp³-hybridized carbons (Fsp3) is 0.360. The molecule has 4 rings (SSSR count). The summed E-state index contributed by atoms with van der Waals surface area (Å²) in [5.41, 5.74) is 9.96. The number of halogens is 1. The third-order valence-corrected chi connectivity index (χ3v) is 6.49. The second-order valence-corrected chi connectivity index (χ2v) is 9.12. The number of aromatic nitrogens is 1. The molecule has 0 radical (unpaired) electrons. The number of H-pyrrole nitrogens is 1. The molecular weight excluding hydrogens is 442 g/mol. The SMILES string of the molecule is Cc1cc(C)cc(-c2c(OCCC3CCCCN3C(=O)O)c3cc(N)c(Cl)cc3[nH]c2=O)c1. The smallest absolute Gasteiger partial charge is 0.407 e. The average molecular weight is 470 g/mol. The lowest BCUT2D eigenvalue weighted by atomic mass is 9.98. The van der Waals surface area contributed by atoms with E-state index >= 15 is 0 Å². The maximum absolute atomic E-state index is 13.2. The Bertz CT molecular complexity index is 1250. The molecular formula is C25H28ClN3O4. The van der Waals surface area contributed by atoms with E-state index in [1.807, 2.05) is 32.0 Å². The molecule has 1 atom stereocenters. The van der Waals surface area contributed by atoms with E-state index in [4.69, 9.17) is 22.1 Å². The number of carbonyl (C=O) groups is 1. The molecule has 1 aliphatic rings. The molecule has 0 aliphatic carbocycles. The molecule has 174 valence electrons. The Hall–Kier alpha value is -3.19. The van der Waals surface area contributed by atoms with Crippen LogP contribution in [0.3, 0.4) is 0 Å². The first kappa shape index (κ1) is 23.0. The molecule has 1 fully saturated rings. The van der Waals surface area contributed by atoms with Crippen LogP contribution in [-0.4, -0.2) is 40.3 Å². The number of hydrogen-bond donors (Lipinski definition) is 3. The Labute approximate surface area is 197 Å². The highest BCUT2D eigenvalue weighted by Gasteiger charge is 2.26. The van der Waals surface area contributed by atoms with E-state index in [0.717, 1.165) is 36.0 Å². The highest BCUT2D eigenvalue weighted by atomic mass is 35.5. The number of nitrogens with two attached hydrogens (primary N) is 1.